The molecule has 2 atom stereocenters. The first-order valence-corrected chi connectivity index (χ1v) is 15.0. The Balaban J connectivity index is 3.80. The van der Waals surface area contributed by atoms with Gasteiger partial charge in [-0.05, 0) is 22.3 Å². The fourth-order valence-electron chi connectivity index (χ4n) is 0.951. The Bertz CT molecular complexity index is 135. The Morgan fingerprint density at radius 2 is 1.07 bits per heavy atom. The van der Waals surface area contributed by atoms with Crippen molar-refractivity contribution in [2.45, 2.75) is 52.0 Å². The van der Waals surface area contributed by atoms with E-state index in [1.165, 1.54) is 9.76 Å². The van der Waals surface area contributed by atoms with Crippen molar-refractivity contribution in [2.24, 2.45) is 11.8 Å². The average Bonchev–Trinajstić information content (AvgIpc) is 2.03. The van der Waals surface area contributed by atoms with E-state index in [1.54, 1.807) is 0 Å². The molecule has 0 saturated heterocycles. The van der Waals surface area contributed by atoms with Crippen molar-refractivity contribution in [3.05, 3.63) is 0 Å². The zero-order chi connectivity index (χ0) is 11.3. The molecule has 0 spiro atoms. The fourth-order valence-corrected chi connectivity index (χ4v) is 20.0. The Labute approximate surface area is 102 Å². The van der Waals surface area contributed by atoms with Gasteiger partial charge in [-0.2, -0.15) is 22.4 Å². The lowest BCUT2D eigenvalue weighted by molar-refractivity contribution is 0.644. The summed E-state index contributed by atoms with van der Waals surface area (Å²) in [5.74, 6) is 1.69. The van der Waals surface area contributed by atoms with Gasteiger partial charge in [-0.25, -0.2) is 0 Å². The Morgan fingerprint density at radius 3 is 1.29 bits per heavy atom. The summed E-state index contributed by atoms with van der Waals surface area (Å²) in [4.78, 5) is 0. The molecule has 0 aromatic carbocycles. The minimum atomic E-state index is -0.458. The molecule has 0 aliphatic carbocycles. The highest BCUT2D eigenvalue weighted by Gasteiger charge is 2.17. The van der Waals surface area contributed by atoms with Crippen LogP contribution >= 0.6 is 22.4 Å². The molecule has 14 heavy (non-hydrogen) atoms. The summed E-state index contributed by atoms with van der Waals surface area (Å²) < 4.78 is 0. The summed E-state index contributed by atoms with van der Waals surface area (Å²) in [5.41, 5.74) is 0. The first-order valence-electron chi connectivity index (χ1n) is 5.65. The monoisotopic (exact) mass is 266 g/mol. The molecule has 0 radical (unpaired) electrons. The molecule has 0 nitrogen and oxygen atoms in total. The van der Waals surface area contributed by atoms with Crippen LogP contribution in [-0.2, 0) is 0 Å². The van der Waals surface area contributed by atoms with Crippen LogP contribution in [0, 0.1) is 11.8 Å². The molecule has 4 heteroatoms. The first-order chi connectivity index (χ1) is 6.34. The predicted octanol–water partition coefficient (Wildman–Crippen LogP) is 2.62. The predicted molar refractivity (Wildman–Crippen MR) is 80.9 cm³/mol. The highest BCUT2D eigenvalue weighted by molar-refractivity contribution is 8.58. The highest BCUT2D eigenvalue weighted by atomic mass is 32.6. The van der Waals surface area contributed by atoms with Crippen molar-refractivity contribution >= 4 is 38.8 Å². The summed E-state index contributed by atoms with van der Waals surface area (Å²) >= 11 is 4.63. The highest BCUT2D eigenvalue weighted by Crippen LogP contribution is 2.30. The smallest absolute Gasteiger partial charge is 0.141 e. The maximum atomic E-state index is 2.40. The quantitative estimate of drug-likeness (QED) is 0.678. The van der Waals surface area contributed by atoms with Gasteiger partial charge in [0.1, 0.15) is 6.61 Å². The Morgan fingerprint density at radius 1 is 0.786 bits per heavy atom. The third-order valence-electron chi connectivity index (χ3n) is 2.69. The second-order valence-corrected chi connectivity index (χ2v) is 23.2. The molecule has 0 aromatic rings. The number of hydrogen-bond acceptors (Lipinski definition) is 2. The van der Waals surface area contributed by atoms with Crippen molar-refractivity contribution in [3.63, 3.8) is 0 Å². The minimum Gasteiger partial charge on any atom is -0.177 e. The molecule has 0 rings (SSSR count). The minimum absolute atomic E-state index is 0.458. The van der Waals surface area contributed by atoms with Crippen molar-refractivity contribution in [1.82, 2.24) is 0 Å². The molecule has 0 aromatic heterocycles. The lowest BCUT2D eigenvalue weighted by Gasteiger charge is -2.23. The summed E-state index contributed by atoms with van der Waals surface area (Å²) in [7, 11) is 1.44. The number of hydrogen-bond donors (Lipinski definition) is 0. The topological polar surface area (TPSA) is 0 Å². The van der Waals surface area contributed by atoms with Crippen LogP contribution in [0.3, 0.4) is 0 Å². The van der Waals surface area contributed by atoms with Crippen molar-refractivity contribution < 1.29 is 0 Å². The molecule has 0 N–H and O–H groups in total. The van der Waals surface area contributed by atoms with Crippen LogP contribution in [0.15, 0.2) is 0 Å². The first kappa shape index (κ1) is 15.1. The normalized spacial score (nSPS) is 18.9. The van der Waals surface area contributed by atoms with E-state index < -0.39 is 6.61 Å². The molecule has 0 aliphatic rings. The van der Waals surface area contributed by atoms with Gasteiger partial charge in [0.15, 0.2) is 0 Å². The lowest BCUT2D eigenvalue weighted by Crippen LogP contribution is -2.19. The van der Waals surface area contributed by atoms with Gasteiger partial charge in [0, 0.05) is 9.76 Å². The molecule has 0 aliphatic heterocycles. The van der Waals surface area contributed by atoms with E-state index in [-0.39, 0.29) is 0 Å². The van der Waals surface area contributed by atoms with Crippen molar-refractivity contribution in [2.75, 3.05) is 0 Å². The van der Waals surface area contributed by atoms with Crippen LogP contribution < -0.4 is 0 Å². The van der Waals surface area contributed by atoms with Crippen LogP contribution in [0.5, 0.6) is 0 Å². The standard InChI is InChI=1S/C10H26S2Si2/c1-7(2)9(5)11-14(13)12-10(6)8(3)4/h7-10,14H,1-6,13H3. The molecule has 2 unspecified atom stereocenters. The summed E-state index contributed by atoms with van der Waals surface area (Å²) in [6, 6.07) is 0. The van der Waals surface area contributed by atoms with E-state index >= 15 is 0 Å². The second kappa shape index (κ2) is 7.41. The third kappa shape index (κ3) is 6.59. The van der Waals surface area contributed by atoms with Gasteiger partial charge in [-0.15, -0.1) is 0 Å². The van der Waals surface area contributed by atoms with Gasteiger partial charge in [-0.1, -0.05) is 41.5 Å². The average molecular weight is 267 g/mol. The maximum absolute atomic E-state index is 2.40. The molecule has 0 amide bonds. The van der Waals surface area contributed by atoms with Gasteiger partial charge in [0.2, 0.25) is 0 Å². The zero-order valence-electron chi connectivity index (χ0n) is 10.7. The molecular weight excluding hydrogens is 240 g/mol. The summed E-state index contributed by atoms with van der Waals surface area (Å²) in [6.45, 7) is 13.7. The van der Waals surface area contributed by atoms with Crippen LogP contribution in [-0.4, -0.2) is 26.9 Å². The van der Waals surface area contributed by atoms with E-state index in [4.69, 9.17) is 0 Å². The summed E-state index contributed by atoms with van der Waals surface area (Å²) in [6.07, 6.45) is 0. The van der Waals surface area contributed by atoms with Gasteiger partial charge in [-0.3, -0.25) is 0 Å². The maximum Gasteiger partial charge on any atom is 0.141 e. The van der Waals surface area contributed by atoms with E-state index in [1.807, 2.05) is 0 Å². The SMILES string of the molecule is CC(C)C(C)S[SiH]([SiH3])SC(C)C(C)C. The number of rotatable bonds is 6. The van der Waals surface area contributed by atoms with E-state index in [2.05, 4.69) is 64.0 Å². The van der Waals surface area contributed by atoms with E-state index in [9.17, 15) is 0 Å². The van der Waals surface area contributed by atoms with Crippen LogP contribution in [0.25, 0.3) is 0 Å². The summed E-state index contributed by atoms with van der Waals surface area (Å²) in [5, 5.41) is 1.74. The van der Waals surface area contributed by atoms with Gasteiger partial charge in [0.25, 0.3) is 0 Å². The molecule has 0 heterocycles. The van der Waals surface area contributed by atoms with E-state index in [0.717, 1.165) is 22.3 Å². The van der Waals surface area contributed by atoms with Crippen molar-refractivity contribution in [3.8, 4) is 0 Å². The Hall–Kier alpha value is 1.13. The van der Waals surface area contributed by atoms with Gasteiger partial charge in [0.05, 0.1) is 0 Å². The largest absolute Gasteiger partial charge is 0.177 e. The molecule has 0 bridgehead atoms. The Kier molecular flexibility index (Phi) is 8.01. The van der Waals surface area contributed by atoms with Crippen LogP contribution in [0.1, 0.15) is 41.5 Å². The molecule has 0 saturated carbocycles. The second-order valence-electron chi connectivity index (χ2n) is 4.74. The zero-order valence-corrected chi connectivity index (χ0v) is 15.5. The lowest BCUT2D eigenvalue weighted by atomic mass is 10.2. The molecule has 0 fully saturated rings. The van der Waals surface area contributed by atoms with Gasteiger partial charge < -0.3 is 0 Å². The third-order valence-corrected chi connectivity index (χ3v) is 17.2. The molecular formula is C10H26S2Si2. The van der Waals surface area contributed by atoms with Crippen molar-refractivity contribution in [1.29, 1.82) is 0 Å². The van der Waals surface area contributed by atoms with Crippen LogP contribution in [0.4, 0.5) is 0 Å². The van der Waals surface area contributed by atoms with Gasteiger partial charge >= 0.3 is 0 Å². The fraction of sp³-hybridized carbons (Fsp3) is 1.00. The van der Waals surface area contributed by atoms with Crippen LogP contribution in [0.2, 0.25) is 0 Å². The molecule has 86 valence electrons. The van der Waals surface area contributed by atoms with E-state index in [0.29, 0.717) is 0 Å².